The Morgan fingerprint density at radius 3 is 2.95 bits per heavy atom. The number of aliphatic carboxylic acids is 1. The number of fused-ring (bicyclic) bond motifs is 1. The van der Waals surface area contributed by atoms with Crippen LogP contribution >= 0.6 is 0 Å². The van der Waals surface area contributed by atoms with Gasteiger partial charge in [0.15, 0.2) is 5.75 Å². The Labute approximate surface area is 115 Å². The minimum atomic E-state index is -1.18. The summed E-state index contributed by atoms with van der Waals surface area (Å²) in [6.45, 7) is 0.777. The van der Waals surface area contributed by atoms with E-state index in [0.29, 0.717) is 24.6 Å². The molecule has 1 aromatic rings. The van der Waals surface area contributed by atoms with Crippen LogP contribution in [0.1, 0.15) is 16.8 Å². The van der Waals surface area contributed by atoms with Gasteiger partial charge in [0.05, 0.1) is 11.3 Å². The number of rotatable bonds is 5. The minimum Gasteiger partial charge on any atom is -0.489 e. The molecule has 2 rings (SSSR count). The minimum absolute atomic E-state index is 0.0464. The fraction of sp³-hybridized carbons (Fsp3) is 0.385. The van der Waals surface area contributed by atoms with Crippen LogP contribution in [0.25, 0.3) is 0 Å². The number of carboxylic acid groups (broad SMARTS) is 1. The number of hydrogen-bond donors (Lipinski definition) is 4. The first-order chi connectivity index (χ1) is 9.63. The summed E-state index contributed by atoms with van der Waals surface area (Å²) >= 11 is 0. The van der Waals surface area contributed by atoms with Gasteiger partial charge in [-0.25, -0.2) is 4.79 Å². The first-order valence-electron chi connectivity index (χ1n) is 6.27. The molecule has 0 aromatic heterocycles. The topological polar surface area (TPSA) is 108 Å². The maximum Gasteiger partial charge on any atom is 0.326 e. The lowest BCUT2D eigenvalue weighted by Gasteiger charge is -2.22. The molecule has 20 heavy (non-hydrogen) atoms. The SMILES string of the molecule is O=C(NC(CCO)C(=O)O)c1cccc2c1OCCN2. The number of aliphatic hydroxyl groups excluding tert-OH is 1. The second kappa shape index (κ2) is 6.25. The maximum atomic E-state index is 12.1. The largest absolute Gasteiger partial charge is 0.489 e. The number of carboxylic acids is 1. The molecular weight excluding hydrogens is 264 g/mol. The van der Waals surface area contributed by atoms with Crippen LogP contribution in [0.4, 0.5) is 5.69 Å². The summed E-state index contributed by atoms with van der Waals surface area (Å²) in [5.74, 6) is -1.30. The fourth-order valence-corrected chi connectivity index (χ4v) is 1.97. The summed E-state index contributed by atoms with van der Waals surface area (Å²) in [6, 6.07) is 3.92. The molecule has 7 nitrogen and oxygen atoms in total. The molecule has 1 atom stereocenters. The van der Waals surface area contributed by atoms with Crippen LogP contribution in [-0.2, 0) is 4.79 Å². The van der Waals surface area contributed by atoms with Crippen LogP contribution in [0.5, 0.6) is 5.75 Å². The van der Waals surface area contributed by atoms with E-state index in [9.17, 15) is 9.59 Å². The lowest BCUT2D eigenvalue weighted by atomic mass is 10.1. The van der Waals surface area contributed by atoms with Crippen molar-refractivity contribution >= 4 is 17.6 Å². The van der Waals surface area contributed by atoms with Gasteiger partial charge in [-0.2, -0.15) is 0 Å². The predicted molar refractivity (Wildman–Crippen MR) is 71.0 cm³/mol. The van der Waals surface area contributed by atoms with Crippen molar-refractivity contribution in [2.24, 2.45) is 0 Å². The van der Waals surface area contributed by atoms with Gasteiger partial charge in [-0.3, -0.25) is 4.79 Å². The Hall–Kier alpha value is -2.28. The van der Waals surface area contributed by atoms with E-state index >= 15 is 0 Å². The van der Waals surface area contributed by atoms with Crippen molar-refractivity contribution in [3.8, 4) is 5.75 Å². The highest BCUT2D eigenvalue weighted by Gasteiger charge is 2.24. The molecule has 0 aliphatic carbocycles. The highest BCUT2D eigenvalue weighted by atomic mass is 16.5. The van der Waals surface area contributed by atoms with E-state index < -0.39 is 17.9 Å². The van der Waals surface area contributed by atoms with E-state index in [1.807, 2.05) is 0 Å². The highest BCUT2D eigenvalue weighted by molar-refractivity contribution is 6.00. The zero-order valence-electron chi connectivity index (χ0n) is 10.8. The van der Waals surface area contributed by atoms with E-state index in [4.69, 9.17) is 14.9 Å². The molecule has 0 bridgehead atoms. The number of hydrogen-bond acceptors (Lipinski definition) is 5. The molecule has 4 N–H and O–H groups in total. The maximum absolute atomic E-state index is 12.1. The third-order valence-electron chi connectivity index (χ3n) is 2.94. The van der Waals surface area contributed by atoms with Gasteiger partial charge in [-0.1, -0.05) is 6.07 Å². The third-order valence-corrected chi connectivity index (χ3v) is 2.94. The lowest BCUT2D eigenvalue weighted by molar-refractivity contribution is -0.139. The van der Waals surface area contributed by atoms with Gasteiger partial charge in [0.1, 0.15) is 12.6 Å². The van der Waals surface area contributed by atoms with Crippen LogP contribution in [0.2, 0.25) is 0 Å². The number of amides is 1. The number of para-hydroxylation sites is 1. The summed E-state index contributed by atoms with van der Waals surface area (Å²) < 4.78 is 5.46. The zero-order chi connectivity index (χ0) is 14.5. The Balaban J connectivity index is 2.19. The molecule has 0 saturated carbocycles. The van der Waals surface area contributed by atoms with Crippen molar-refractivity contribution < 1.29 is 24.5 Å². The molecule has 1 aromatic carbocycles. The number of carbonyl (C=O) groups excluding carboxylic acids is 1. The van der Waals surface area contributed by atoms with Gasteiger partial charge >= 0.3 is 5.97 Å². The Kier molecular flexibility index (Phi) is 4.41. The van der Waals surface area contributed by atoms with Crippen LogP contribution in [0.3, 0.4) is 0 Å². The number of ether oxygens (including phenoxy) is 1. The highest BCUT2D eigenvalue weighted by Crippen LogP contribution is 2.31. The average molecular weight is 280 g/mol. The van der Waals surface area contributed by atoms with Crippen molar-refractivity contribution in [2.45, 2.75) is 12.5 Å². The Bertz CT molecular complexity index is 517. The van der Waals surface area contributed by atoms with Crippen molar-refractivity contribution in [1.82, 2.24) is 5.32 Å². The monoisotopic (exact) mass is 280 g/mol. The van der Waals surface area contributed by atoms with Gasteiger partial charge < -0.3 is 25.6 Å². The molecular formula is C13H16N2O5. The van der Waals surface area contributed by atoms with E-state index in [-0.39, 0.29) is 18.6 Å². The van der Waals surface area contributed by atoms with Gasteiger partial charge in [0, 0.05) is 19.6 Å². The van der Waals surface area contributed by atoms with Crippen LogP contribution < -0.4 is 15.4 Å². The molecule has 1 heterocycles. The quantitative estimate of drug-likeness (QED) is 0.607. The number of carbonyl (C=O) groups is 2. The van der Waals surface area contributed by atoms with Crippen LogP contribution in [0.15, 0.2) is 18.2 Å². The van der Waals surface area contributed by atoms with Gasteiger partial charge in [-0.15, -0.1) is 0 Å². The van der Waals surface area contributed by atoms with Crippen molar-refractivity contribution in [3.63, 3.8) is 0 Å². The molecule has 0 radical (unpaired) electrons. The first-order valence-corrected chi connectivity index (χ1v) is 6.27. The second-order valence-electron chi connectivity index (χ2n) is 4.33. The van der Waals surface area contributed by atoms with Gasteiger partial charge in [0.2, 0.25) is 0 Å². The molecule has 0 spiro atoms. The molecule has 0 fully saturated rings. The number of anilines is 1. The number of aliphatic hydroxyl groups is 1. The van der Waals surface area contributed by atoms with Crippen LogP contribution in [-0.4, -0.2) is 47.9 Å². The predicted octanol–water partition coefficient (Wildman–Crippen LogP) is 0.0563. The molecule has 1 unspecified atom stereocenters. The summed E-state index contributed by atoms with van der Waals surface area (Å²) in [5.41, 5.74) is 0.983. The van der Waals surface area contributed by atoms with E-state index in [1.165, 1.54) is 0 Å². The summed E-state index contributed by atoms with van der Waals surface area (Å²) in [6.07, 6.45) is -0.0464. The molecule has 108 valence electrons. The van der Waals surface area contributed by atoms with Gasteiger partial charge in [0.25, 0.3) is 5.91 Å². The van der Waals surface area contributed by atoms with Crippen LogP contribution in [0, 0.1) is 0 Å². The third kappa shape index (κ3) is 3.00. The number of nitrogens with one attached hydrogen (secondary N) is 2. The van der Waals surface area contributed by atoms with Gasteiger partial charge in [-0.05, 0) is 12.1 Å². The second-order valence-corrected chi connectivity index (χ2v) is 4.33. The van der Waals surface area contributed by atoms with E-state index in [1.54, 1.807) is 18.2 Å². The van der Waals surface area contributed by atoms with E-state index in [2.05, 4.69) is 10.6 Å². The Morgan fingerprint density at radius 1 is 1.45 bits per heavy atom. The number of benzene rings is 1. The smallest absolute Gasteiger partial charge is 0.326 e. The van der Waals surface area contributed by atoms with Crippen molar-refractivity contribution in [3.05, 3.63) is 23.8 Å². The average Bonchev–Trinajstić information content (AvgIpc) is 2.46. The summed E-state index contributed by atoms with van der Waals surface area (Å²) in [5, 5.41) is 23.3. The van der Waals surface area contributed by atoms with Crippen molar-refractivity contribution in [1.29, 1.82) is 0 Å². The zero-order valence-corrected chi connectivity index (χ0v) is 10.8. The van der Waals surface area contributed by atoms with E-state index in [0.717, 1.165) is 0 Å². The molecule has 1 aliphatic heterocycles. The molecule has 0 saturated heterocycles. The normalized spacial score (nSPS) is 14.4. The molecule has 1 aliphatic rings. The Morgan fingerprint density at radius 2 is 2.25 bits per heavy atom. The first kappa shape index (κ1) is 14.1. The van der Waals surface area contributed by atoms with Crippen molar-refractivity contribution in [2.75, 3.05) is 25.1 Å². The summed E-state index contributed by atoms with van der Waals surface area (Å²) in [4.78, 5) is 23.1. The lowest BCUT2D eigenvalue weighted by Crippen LogP contribution is -2.41. The molecule has 7 heteroatoms. The molecule has 1 amide bonds. The standard InChI is InChI=1S/C13H16N2O5/c16-6-4-10(13(18)19)15-12(17)8-2-1-3-9-11(8)20-7-5-14-9/h1-3,10,14,16H,4-7H2,(H,15,17)(H,18,19). The fourth-order valence-electron chi connectivity index (χ4n) is 1.97. The summed E-state index contributed by atoms with van der Waals surface area (Å²) in [7, 11) is 0.